The van der Waals surface area contributed by atoms with Gasteiger partial charge in [0.05, 0.1) is 0 Å². The fourth-order valence-corrected chi connectivity index (χ4v) is 5.34. The number of aromatic nitrogens is 5. The van der Waals surface area contributed by atoms with Gasteiger partial charge in [0, 0.05) is 36.4 Å². The highest BCUT2D eigenvalue weighted by molar-refractivity contribution is 7.09. The quantitative estimate of drug-likeness (QED) is 0.730. The molecule has 3 atom stereocenters. The number of hydrogen-bond acceptors (Lipinski definition) is 7. The van der Waals surface area contributed by atoms with Crippen molar-refractivity contribution in [2.75, 3.05) is 23.3 Å². The van der Waals surface area contributed by atoms with E-state index in [0.717, 1.165) is 48.5 Å². The van der Waals surface area contributed by atoms with E-state index in [2.05, 4.69) is 38.6 Å². The smallest absolute Gasteiger partial charge is 0.243 e. The van der Waals surface area contributed by atoms with Crippen LogP contribution in [-0.4, -0.2) is 43.1 Å². The summed E-state index contributed by atoms with van der Waals surface area (Å²) in [5.74, 6) is 2.85. The van der Waals surface area contributed by atoms with E-state index in [9.17, 15) is 0 Å². The van der Waals surface area contributed by atoms with Crippen molar-refractivity contribution >= 4 is 28.3 Å². The molecule has 1 saturated heterocycles. The molecule has 27 heavy (non-hydrogen) atoms. The van der Waals surface area contributed by atoms with Gasteiger partial charge in [0.1, 0.15) is 5.82 Å². The Bertz CT molecular complexity index is 935. The number of hydrogen-bond donors (Lipinski definition) is 1. The van der Waals surface area contributed by atoms with Gasteiger partial charge in [-0.25, -0.2) is 9.50 Å². The van der Waals surface area contributed by atoms with Crippen LogP contribution in [0.25, 0.3) is 5.65 Å². The van der Waals surface area contributed by atoms with Gasteiger partial charge < -0.3 is 10.2 Å². The molecule has 142 valence electrons. The standard InChI is InChI=1S/C19H25N7S/c1-3-5-15-6-4-7-16-21-18(23-26(15)16)22-17-13-8-9-14(17)11-25(10-13)19-20-12(2)24-27-19/h4,6-7,13-14,17H,3,5,8-11H2,1-2H3,(H,22,23)/t13-,14+,17?. The van der Waals surface area contributed by atoms with Crippen LogP contribution in [0.3, 0.4) is 0 Å². The van der Waals surface area contributed by atoms with Crippen LogP contribution in [0.4, 0.5) is 11.1 Å². The largest absolute Gasteiger partial charge is 0.349 e. The van der Waals surface area contributed by atoms with Crippen molar-refractivity contribution in [2.24, 2.45) is 11.8 Å². The first-order valence-corrected chi connectivity index (χ1v) is 10.6. The molecule has 2 fully saturated rings. The van der Waals surface area contributed by atoms with Crippen LogP contribution in [0.2, 0.25) is 0 Å². The normalized spacial score (nSPS) is 24.7. The zero-order valence-corrected chi connectivity index (χ0v) is 16.6. The van der Waals surface area contributed by atoms with Crippen molar-refractivity contribution in [2.45, 2.75) is 45.6 Å². The van der Waals surface area contributed by atoms with E-state index < -0.39 is 0 Å². The van der Waals surface area contributed by atoms with Gasteiger partial charge in [-0.05, 0) is 50.2 Å². The van der Waals surface area contributed by atoms with Crippen LogP contribution in [0.5, 0.6) is 0 Å². The second-order valence-corrected chi connectivity index (χ2v) is 8.50. The highest BCUT2D eigenvalue weighted by Gasteiger charge is 2.43. The molecule has 0 spiro atoms. The molecule has 1 unspecified atom stereocenters. The molecule has 0 radical (unpaired) electrons. The zero-order chi connectivity index (χ0) is 18.4. The van der Waals surface area contributed by atoms with Crippen LogP contribution in [0.1, 0.15) is 37.7 Å². The van der Waals surface area contributed by atoms with Crippen molar-refractivity contribution in [3.05, 3.63) is 29.7 Å². The van der Waals surface area contributed by atoms with Gasteiger partial charge in [-0.2, -0.15) is 9.36 Å². The van der Waals surface area contributed by atoms with E-state index in [-0.39, 0.29) is 0 Å². The Hall–Kier alpha value is -2.22. The van der Waals surface area contributed by atoms with E-state index in [1.54, 1.807) is 0 Å². The molecule has 8 heteroatoms. The number of rotatable bonds is 5. The molecule has 2 bridgehead atoms. The highest BCUT2D eigenvalue weighted by atomic mass is 32.1. The lowest BCUT2D eigenvalue weighted by Gasteiger charge is -2.37. The van der Waals surface area contributed by atoms with Crippen molar-refractivity contribution in [3.8, 4) is 0 Å². The van der Waals surface area contributed by atoms with Gasteiger partial charge in [-0.1, -0.05) is 19.4 Å². The summed E-state index contributed by atoms with van der Waals surface area (Å²) in [5, 5.41) is 9.51. The molecule has 1 N–H and O–H groups in total. The lowest BCUT2D eigenvalue weighted by Crippen LogP contribution is -2.48. The number of fused-ring (bicyclic) bond motifs is 3. The molecule has 7 nitrogen and oxygen atoms in total. The first-order chi connectivity index (χ1) is 13.2. The molecule has 1 aliphatic heterocycles. The SMILES string of the molecule is CCCc1cccc2nc(NC3[C@@H]4CC[C@H]3CN(c3nc(C)ns3)C4)nn12. The Kier molecular flexibility index (Phi) is 4.22. The topological polar surface area (TPSA) is 71.2 Å². The van der Waals surface area contributed by atoms with E-state index in [4.69, 9.17) is 10.1 Å². The van der Waals surface area contributed by atoms with Crippen LogP contribution in [-0.2, 0) is 6.42 Å². The Labute approximate surface area is 163 Å². The maximum absolute atomic E-state index is 4.76. The van der Waals surface area contributed by atoms with Gasteiger partial charge in [-0.3, -0.25) is 0 Å². The monoisotopic (exact) mass is 383 g/mol. The van der Waals surface area contributed by atoms with Crippen molar-refractivity contribution in [3.63, 3.8) is 0 Å². The molecule has 1 saturated carbocycles. The number of anilines is 2. The van der Waals surface area contributed by atoms with Crippen LogP contribution in [0.15, 0.2) is 18.2 Å². The lowest BCUT2D eigenvalue weighted by atomic mass is 9.92. The van der Waals surface area contributed by atoms with Gasteiger partial charge >= 0.3 is 0 Å². The fraction of sp³-hybridized carbons (Fsp3) is 0.579. The van der Waals surface area contributed by atoms with E-state index in [1.165, 1.54) is 30.1 Å². The summed E-state index contributed by atoms with van der Waals surface area (Å²) in [6, 6.07) is 6.70. The number of nitrogens with one attached hydrogen (secondary N) is 1. The average molecular weight is 384 g/mol. The van der Waals surface area contributed by atoms with E-state index >= 15 is 0 Å². The zero-order valence-electron chi connectivity index (χ0n) is 15.8. The third-order valence-corrected chi connectivity index (χ3v) is 6.73. The molecule has 3 aromatic heterocycles. The minimum atomic E-state index is 0.447. The van der Waals surface area contributed by atoms with Gasteiger partial charge in [-0.15, -0.1) is 5.10 Å². The molecule has 3 aromatic rings. The van der Waals surface area contributed by atoms with Crippen molar-refractivity contribution in [1.29, 1.82) is 0 Å². The number of nitrogens with zero attached hydrogens (tertiary/aromatic N) is 6. The molecule has 2 aliphatic rings. The number of piperidine rings is 1. The van der Waals surface area contributed by atoms with E-state index in [0.29, 0.717) is 17.9 Å². The molecular formula is C19H25N7S. The van der Waals surface area contributed by atoms with Gasteiger partial charge in [0.15, 0.2) is 5.65 Å². The Morgan fingerprint density at radius 3 is 2.70 bits per heavy atom. The maximum atomic E-state index is 4.76. The first kappa shape index (κ1) is 16.9. The number of pyridine rings is 1. The Morgan fingerprint density at radius 2 is 2.00 bits per heavy atom. The summed E-state index contributed by atoms with van der Waals surface area (Å²) in [6.45, 7) is 6.24. The third-order valence-electron chi connectivity index (χ3n) is 5.86. The van der Waals surface area contributed by atoms with Crippen LogP contribution in [0, 0.1) is 18.8 Å². The molecule has 5 rings (SSSR count). The Morgan fingerprint density at radius 1 is 1.19 bits per heavy atom. The summed E-state index contributed by atoms with van der Waals surface area (Å²) in [5.41, 5.74) is 2.15. The van der Waals surface area contributed by atoms with Gasteiger partial charge in [0.25, 0.3) is 0 Å². The van der Waals surface area contributed by atoms with E-state index in [1.807, 2.05) is 17.5 Å². The first-order valence-electron chi connectivity index (χ1n) is 9.87. The van der Waals surface area contributed by atoms with Gasteiger partial charge in [0.2, 0.25) is 11.1 Å². The average Bonchev–Trinajstić information content (AvgIpc) is 3.32. The Balaban J connectivity index is 1.35. The van der Waals surface area contributed by atoms with Crippen LogP contribution < -0.4 is 10.2 Å². The lowest BCUT2D eigenvalue weighted by molar-refractivity contribution is 0.376. The summed E-state index contributed by atoms with van der Waals surface area (Å²) >= 11 is 1.52. The number of aryl methyl sites for hydroxylation is 2. The van der Waals surface area contributed by atoms with Crippen molar-refractivity contribution in [1.82, 2.24) is 24.0 Å². The second-order valence-electron chi connectivity index (χ2n) is 7.77. The third kappa shape index (κ3) is 3.05. The highest BCUT2D eigenvalue weighted by Crippen LogP contribution is 2.40. The molecule has 0 amide bonds. The van der Waals surface area contributed by atoms with Crippen molar-refractivity contribution < 1.29 is 0 Å². The van der Waals surface area contributed by atoms with Crippen LogP contribution >= 0.6 is 11.5 Å². The molecule has 1 aliphatic carbocycles. The summed E-state index contributed by atoms with van der Waals surface area (Å²) < 4.78 is 6.34. The molecule has 0 aromatic carbocycles. The molecular weight excluding hydrogens is 358 g/mol. The summed E-state index contributed by atoms with van der Waals surface area (Å²) in [4.78, 5) is 11.7. The minimum Gasteiger partial charge on any atom is -0.349 e. The predicted molar refractivity (Wildman–Crippen MR) is 107 cm³/mol. The summed E-state index contributed by atoms with van der Waals surface area (Å²) in [6.07, 6.45) is 4.64. The summed E-state index contributed by atoms with van der Waals surface area (Å²) in [7, 11) is 0. The minimum absolute atomic E-state index is 0.447. The molecule has 4 heterocycles. The predicted octanol–water partition coefficient (Wildman–Crippen LogP) is 3.17. The fourth-order valence-electron chi connectivity index (χ4n) is 4.64. The maximum Gasteiger partial charge on any atom is 0.243 e. The second kappa shape index (κ2) is 6.74.